The van der Waals surface area contributed by atoms with Crippen molar-refractivity contribution < 1.29 is 0 Å². The first-order valence-corrected chi connectivity index (χ1v) is 7.16. The van der Waals surface area contributed by atoms with E-state index in [1.54, 1.807) is 0 Å². The predicted molar refractivity (Wildman–Crippen MR) is 78.0 cm³/mol. The van der Waals surface area contributed by atoms with Gasteiger partial charge in [0, 0.05) is 12.2 Å². The quantitative estimate of drug-likeness (QED) is 0.933. The Kier molecular flexibility index (Phi) is 3.58. The number of hydrogen-bond acceptors (Lipinski definition) is 2. The lowest BCUT2D eigenvalue weighted by molar-refractivity contribution is 0.654. The maximum absolute atomic E-state index is 6.42. The van der Waals surface area contributed by atoms with E-state index in [9.17, 15) is 0 Å². The second-order valence-electron chi connectivity index (χ2n) is 4.99. The molecule has 0 aliphatic heterocycles. The zero-order valence-corrected chi connectivity index (χ0v) is 11.9. The second-order valence-corrected chi connectivity index (χ2v) is 5.40. The Bertz CT molecular complexity index is 589. The molecule has 1 heterocycles. The van der Waals surface area contributed by atoms with Crippen molar-refractivity contribution in [1.82, 2.24) is 14.9 Å². The van der Waals surface area contributed by atoms with Gasteiger partial charge in [-0.25, -0.2) is 4.98 Å². The van der Waals surface area contributed by atoms with E-state index in [2.05, 4.69) is 20.9 Å². The summed E-state index contributed by atoms with van der Waals surface area (Å²) in [5.41, 5.74) is 4.85. The van der Waals surface area contributed by atoms with Crippen LogP contribution in [-0.2, 0) is 19.4 Å². The number of aryl methyl sites for hydroxylation is 1. The highest BCUT2D eigenvalue weighted by Gasteiger charge is 2.18. The van der Waals surface area contributed by atoms with Gasteiger partial charge in [0.15, 0.2) is 0 Å². The highest BCUT2D eigenvalue weighted by atomic mass is 35.5. The number of nitrogens with one attached hydrogen (secondary N) is 1. The molecule has 19 heavy (non-hydrogen) atoms. The smallest absolute Gasteiger partial charge is 0.0998 e. The molecule has 2 aromatic rings. The molecule has 100 valence electrons. The van der Waals surface area contributed by atoms with E-state index >= 15 is 0 Å². The Morgan fingerprint density at radius 3 is 3.00 bits per heavy atom. The molecule has 0 atom stereocenters. The Hall–Kier alpha value is -1.32. The molecule has 3 rings (SSSR count). The van der Waals surface area contributed by atoms with Crippen LogP contribution in [0.2, 0.25) is 5.02 Å². The van der Waals surface area contributed by atoms with Crippen molar-refractivity contribution in [1.29, 1.82) is 0 Å². The topological polar surface area (TPSA) is 29.9 Å². The summed E-state index contributed by atoms with van der Waals surface area (Å²) >= 11 is 6.42. The lowest BCUT2D eigenvalue weighted by atomic mass is 10.0. The van der Waals surface area contributed by atoms with Crippen LogP contribution in [0.5, 0.6) is 0 Å². The van der Waals surface area contributed by atoms with Crippen LogP contribution in [0.15, 0.2) is 24.5 Å². The Balaban J connectivity index is 2.13. The third-order valence-corrected chi connectivity index (χ3v) is 4.01. The van der Waals surface area contributed by atoms with Gasteiger partial charge in [0.1, 0.15) is 0 Å². The number of imidazole rings is 1. The number of nitrogens with zero attached hydrogens (tertiary/aromatic N) is 2. The first-order valence-electron chi connectivity index (χ1n) is 6.78. The summed E-state index contributed by atoms with van der Waals surface area (Å²) in [5, 5.41) is 3.99. The molecule has 0 fully saturated rings. The summed E-state index contributed by atoms with van der Waals surface area (Å²) in [6.07, 6.45) is 6.60. The summed E-state index contributed by atoms with van der Waals surface area (Å²) in [5.74, 6) is 0. The molecule has 1 aromatic carbocycles. The van der Waals surface area contributed by atoms with Crippen molar-refractivity contribution in [2.45, 2.75) is 32.2 Å². The third-order valence-electron chi connectivity index (χ3n) is 3.71. The van der Waals surface area contributed by atoms with Crippen molar-refractivity contribution in [3.05, 3.63) is 46.5 Å². The van der Waals surface area contributed by atoms with Gasteiger partial charge in [0.2, 0.25) is 0 Å². The van der Waals surface area contributed by atoms with E-state index in [1.807, 2.05) is 25.5 Å². The monoisotopic (exact) mass is 275 g/mol. The fourth-order valence-electron chi connectivity index (χ4n) is 2.82. The minimum atomic E-state index is 0.790. The number of benzene rings is 1. The van der Waals surface area contributed by atoms with E-state index in [-0.39, 0.29) is 0 Å². The molecule has 4 heteroatoms. The molecule has 0 unspecified atom stereocenters. The van der Waals surface area contributed by atoms with E-state index < -0.39 is 0 Å². The van der Waals surface area contributed by atoms with Crippen LogP contribution < -0.4 is 5.32 Å². The van der Waals surface area contributed by atoms with E-state index in [0.29, 0.717) is 0 Å². The van der Waals surface area contributed by atoms with Crippen LogP contribution in [0.3, 0.4) is 0 Å². The molecule has 1 N–H and O–H groups in total. The molecule has 1 aromatic heterocycles. The van der Waals surface area contributed by atoms with Gasteiger partial charge in [-0.1, -0.05) is 23.7 Å². The Labute approximate surface area is 118 Å². The highest BCUT2D eigenvalue weighted by molar-refractivity contribution is 6.32. The Morgan fingerprint density at radius 1 is 1.32 bits per heavy atom. The standard InChI is InChI=1S/C15H18ClN3/c1-17-9-11-5-4-6-12(16)15(11)19-10-18-13-7-2-3-8-14(13)19/h4-6,10,17H,2-3,7-9H2,1H3. The number of hydrogen-bond donors (Lipinski definition) is 1. The zero-order valence-electron chi connectivity index (χ0n) is 11.1. The molecular formula is C15H18ClN3. The summed E-state index contributed by atoms with van der Waals surface area (Å²) in [6, 6.07) is 6.07. The van der Waals surface area contributed by atoms with Crippen molar-refractivity contribution in [3.8, 4) is 5.69 Å². The third kappa shape index (κ3) is 2.28. The SMILES string of the molecule is CNCc1cccc(Cl)c1-n1cnc2c1CCCC2. The number of para-hydroxylation sites is 1. The molecule has 3 nitrogen and oxygen atoms in total. The van der Waals surface area contributed by atoms with E-state index in [0.717, 1.165) is 30.1 Å². The zero-order chi connectivity index (χ0) is 13.2. The lowest BCUT2D eigenvalue weighted by Crippen LogP contribution is -2.12. The maximum Gasteiger partial charge on any atom is 0.0998 e. The second kappa shape index (κ2) is 5.35. The van der Waals surface area contributed by atoms with Crippen molar-refractivity contribution in [2.24, 2.45) is 0 Å². The van der Waals surface area contributed by atoms with Gasteiger partial charge >= 0.3 is 0 Å². The van der Waals surface area contributed by atoms with Crippen LogP contribution in [0.1, 0.15) is 29.8 Å². The number of fused-ring (bicyclic) bond motifs is 1. The van der Waals surface area contributed by atoms with Crippen molar-refractivity contribution >= 4 is 11.6 Å². The summed E-state index contributed by atoms with van der Waals surface area (Å²) in [4.78, 5) is 4.56. The fraction of sp³-hybridized carbons (Fsp3) is 0.400. The average molecular weight is 276 g/mol. The highest BCUT2D eigenvalue weighted by Crippen LogP contribution is 2.29. The van der Waals surface area contributed by atoms with Crippen molar-refractivity contribution in [2.75, 3.05) is 7.05 Å². The van der Waals surface area contributed by atoms with Gasteiger partial charge in [-0.05, 0) is 44.4 Å². The van der Waals surface area contributed by atoms with Gasteiger partial charge in [-0.2, -0.15) is 0 Å². The largest absolute Gasteiger partial charge is 0.316 e. The number of aromatic nitrogens is 2. The van der Waals surface area contributed by atoms with E-state index in [4.69, 9.17) is 11.6 Å². The van der Waals surface area contributed by atoms with Crippen LogP contribution in [0.4, 0.5) is 0 Å². The number of halogens is 1. The predicted octanol–water partition coefficient (Wildman–Crippen LogP) is 3.12. The van der Waals surface area contributed by atoms with E-state index in [1.165, 1.54) is 29.8 Å². The van der Waals surface area contributed by atoms with Gasteiger partial charge < -0.3 is 9.88 Å². The Morgan fingerprint density at radius 2 is 2.16 bits per heavy atom. The summed E-state index contributed by atoms with van der Waals surface area (Å²) < 4.78 is 2.18. The molecule has 0 saturated heterocycles. The fourth-order valence-corrected chi connectivity index (χ4v) is 3.11. The molecular weight excluding hydrogens is 258 g/mol. The minimum Gasteiger partial charge on any atom is -0.316 e. The molecule has 0 spiro atoms. The van der Waals surface area contributed by atoms with Crippen LogP contribution >= 0.6 is 11.6 Å². The first-order chi connectivity index (χ1) is 9.31. The van der Waals surface area contributed by atoms with Gasteiger partial charge in [0.05, 0.1) is 22.7 Å². The lowest BCUT2D eigenvalue weighted by Gasteiger charge is -2.17. The van der Waals surface area contributed by atoms with Gasteiger partial charge in [-0.15, -0.1) is 0 Å². The van der Waals surface area contributed by atoms with Gasteiger partial charge in [-0.3, -0.25) is 0 Å². The molecule has 1 aliphatic rings. The first kappa shape index (κ1) is 12.7. The molecule has 0 amide bonds. The molecule has 0 bridgehead atoms. The number of rotatable bonds is 3. The summed E-state index contributed by atoms with van der Waals surface area (Å²) in [7, 11) is 1.95. The minimum absolute atomic E-state index is 0.790. The van der Waals surface area contributed by atoms with Gasteiger partial charge in [0.25, 0.3) is 0 Å². The molecule has 0 radical (unpaired) electrons. The van der Waals surface area contributed by atoms with Crippen LogP contribution in [0, 0.1) is 0 Å². The molecule has 0 saturated carbocycles. The normalized spacial score (nSPS) is 14.4. The van der Waals surface area contributed by atoms with Crippen LogP contribution in [-0.4, -0.2) is 16.6 Å². The summed E-state index contributed by atoms with van der Waals surface area (Å²) in [6.45, 7) is 0.808. The van der Waals surface area contributed by atoms with Crippen LogP contribution in [0.25, 0.3) is 5.69 Å². The maximum atomic E-state index is 6.42. The van der Waals surface area contributed by atoms with Crippen molar-refractivity contribution in [3.63, 3.8) is 0 Å². The average Bonchev–Trinajstić information content (AvgIpc) is 2.83. The molecule has 1 aliphatic carbocycles.